The molecule has 1 aliphatic heterocycles. The largest absolute Gasteiger partial charge is 0.465 e. The number of methoxy groups -OCH3 is 1. The molecule has 4 nitrogen and oxygen atoms in total. The topological polar surface area (TPSA) is 44.8 Å². The second-order valence-electron chi connectivity index (χ2n) is 3.93. The van der Waals surface area contributed by atoms with Crippen molar-refractivity contribution in [3.8, 4) is 5.75 Å². The van der Waals surface area contributed by atoms with Gasteiger partial charge in [0.1, 0.15) is 5.75 Å². The first-order valence-corrected chi connectivity index (χ1v) is 5.76. The molecule has 0 spiro atoms. The average molecular weight is 236 g/mol. The Hall–Kier alpha value is -1.55. The van der Waals surface area contributed by atoms with Crippen molar-refractivity contribution in [3.63, 3.8) is 0 Å². The Kier molecular flexibility index (Phi) is 3.98. The predicted molar refractivity (Wildman–Crippen MR) is 62.0 cm³/mol. The zero-order valence-corrected chi connectivity index (χ0v) is 9.85. The van der Waals surface area contributed by atoms with Crippen LogP contribution in [0.25, 0.3) is 0 Å². The second kappa shape index (κ2) is 5.68. The Balaban J connectivity index is 1.95. The standard InChI is InChI=1S/C13H16O4/c1-15-13(14)10-5-7-11(8-6-10)17-12-4-2-3-9-16-12/h5-8,12H,2-4,9H2,1H3/t12-/m1/s1. The third kappa shape index (κ3) is 3.20. The van der Waals surface area contributed by atoms with E-state index in [0.29, 0.717) is 11.3 Å². The van der Waals surface area contributed by atoms with Crippen molar-refractivity contribution in [2.75, 3.05) is 13.7 Å². The second-order valence-corrected chi connectivity index (χ2v) is 3.93. The van der Waals surface area contributed by atoms with Crippen molar-refractivity contribution in [2.24, 2.45) is 0 Å². The van der Waals surface area contributed by atoms with Crippen molar-refractivity contribution in [2.45, 2.75) is 25.6 Å². The molecule has 1 saturated heterocycles. The monoisotopic (exact) mass is 236 g/mol. The molecule has 1 atom stereocenters. The normalized spacial score (nSPS) is 19.7. The molecular formula is C13H16O4. The summed E-state index contributed by atoms with van der Waals surface area (Å²) in [5, 5.41) is 0. The Morgan fingerprint density at radius 3 is 2.65 bits per heavy atom. The highest BCUT2D eigenvalue weighted by molar-refractivity contribution is 5.89. The first kappa shape index (κ1) is 11.9. The van der Waals surface area contributed by atoms with Gasteiger partial charge in [-0.15, -0.1) is 0 Å². The maximum absolute atomic E-state index is 11.2. The maximum Gasteiger partial charge on any atom is 0.337 e. The zero-order chi connectivity index (χ0) is 12.1. The van der Waals surface area contributed by atoms with E-state index in [1.165, 1.54) is 7.11 Å². The van der Waals surface area contributed by atoms with Gasteiger partial charge in [0.25, 0.3) is 0 Å². The molecule has 0 unspecified atom stereocenters. The fourth-order valence-corrected chi connectivity index (χ4v) is 1.74. The lowest BCUT2D eigenvalue weighted by Gasteiger charge is -2.23. The molecule has 0 bridgehead atoms. The number of hydrogen-bond acceptors (Lipinski definition) is 4. The van der Waals surface area contributed by atoms with Gasteiger partial charge in [0.15, 0.2) is 6.29 Å². The van der Waals surface area contributed by atoms with Gasteiger partial charge in [-0.2, -0.15) is 0 Å². The molecule has 1 fully saturated rings. The molecule has 1 aromatic rings. The smallest absolute Gasteiger partial charge is 0.337 e. The summed E-state index contributed by atoms with van der Waals surface area (Å²) in [6, 6.07) is 6.88. The van der Waals surface area contributed by atoms with Gasteiger partial charge in [0.2, 0.25) is 0 Å². The summed E-state index contributed by atoms with van der Waals surface area (Å²) < 4.78 is 15.7. The number of hydrogen-bond donors (Lipinski definition) is 0. The van der Waals surface area contributed by atoms with Crippen molar-refractivity contribution in [1.82, 2.24) is 0 Å². The van der Waals surface area contributed by atoms with Gasteiger partial charge in [-0.3, -0.25) is 0 Å². The van der Waals surface area contributed by atoms with E-state index in [2.05, 4.69) is 4.74 Å². The summed E-state index contributed by atoms with van der Waals surface area (Å²) in [7, 11) is 1.36. The van der Waals surface area contributed by atoms with Crippen LogP contribution >= 0.6 is 0 Å². The van der Waals surface area contributed by atoms with E-state index in [1.54, 1.807) is 24.3 Å². The number of benzene rings is 1. The summed E-state index contributed by atoms with van der Waals surface area (Å²) in [5.41, 5.74) is 0.518. The van der Waals surface area contributed by atoms with Crippen LogP contribution in [0.5, 0.6) is 5.75 Å². The van der Waals surface area contributed by atoms with E-state index in [4.69, 9.17) is 9.47 Å². The summed E-state index contributed by atoms with van der Waals surface area (Å²) in [6.07, 6.45) is 2.98. The molecule has 1 aromatic carbocycles. The molecule has 92 valence electrons. The van der Waals surface area contributed by atoms with Crippen LogP contribution in [-0.4, -0.2) is 26.0 Å². The van der Waals surface area contributed by atoms with Crippen LogP contribution in [0, 0.1) is 0 Å². The number of carbonyl (C=O) groups excluding carboxylic acids is 1. The van der Waals surface area contributed by atoms with Gasteiger partial charge < -0.3 is 14.2 Å². The van der Waals surface area contributed by atoms with Gasteiger partial charge in [-0.25, -0.2) is 4.79 Å². The molecule has 1 aliphatic rings. The Morgan fingerprint density at radius 2 is 2.06 bits per heavy atom. The van der Waals surface area contributed by atoms with E-state index in [1.807, 2.05) is 0 Å². The molecule has 2 rings (SSSR count). The summed E-state index contributed by atoms with van der Waals surface area (Å²) in [5.74, 6) is 0.370. The molecular weight excluding hydrogens is 220 g/mol. The van der Waals surface area contributed by atoms with E-state index in [-0.39, 0.29) is 12.3 Å². The molecule has 0 aliphatic carbocycles. The molecule has 0 radical (unpaired) electrons. The summed E-state index contributed by atoms with van der Waals surface area (Å²) in [4.78, 5) is 11.2. The lowest BCUT2D eigenvalue weighted by atomic mass is 10.2. The number of esters is 1. The highest BCUT2D eigenvalue weighted by Crippen LogP contribution is 2.19. The minimum absolute atomic E-state index is 0.160. The van der Waals surface area contributed by atoms with Crippen LogP contribution in [0.3, 0.4) is 0 Å². The Bertz CT molecular complexity index is 366. The molecule has 0 saturated carbocycles. The molecule has 0 aromatic heterocycles. The van der Waals surface area contributed by atoms with Crippen LogP contribution in [0.15, 0.2) is 24.3 Å². The SMILES string of the molecule is COC(=O)c1ccc(O[C@@H]2CCCCO2)cc1. The molecule has 4 heteroatoms. The van der Waals surface area contributed by atoms with E-state index >= 15 is 0 Å². The first-order valence-electron chi connectivity index (χ1n) is 5.76. The predicted octanol–water partition coefficient (Wildman–Crippen LogP) is 2.38. The Morgan fingerprint density at radius 1 is 1.29 bits per heavy atom. The maximum atomic E-state index is 11.2. The zero-order valence-electron chi connectivity index (χ0n) is 9.85. The van der Waals surface area contributed by atoms with E-state index < -0.39 is 0 Å². The molecule has 17 heavy (non-hydrogen) atoms. The molecule has 0 amide bonds. The highest BCUT2D eigenvalue weighted by Gasteiger charge is 2.15. The van der Waals surface area contributed by atoms with Gasteiger partial charge >= 0.3 is 5.97 Å². The lowest BCUT2D eigenvalue weighted by Crippen LogP contribution is -2.24. The van der Waals surface area contributed by atoms with Crippen molar-refractivity contribution in [3.05, 3.63) is 29.8 Å². The summed E-state index contributed by atoms with van der Waals surface area (Å²) in [6.45, 7) is 0.755. The minimum Gasteiger partial charge on any atom is -0.465 e. The average Bonchev–Trinajstić information content (AvgIpc) is 2.40. The van der Waals surface area contributed by atoms with Crippen LogP contribution in [0.2, 0.25) is 0 Å². The van der Waals surface area contributed by atoms with Gasteiger partial charge in [0.05, 0.1) is 19.3 Å². The van der Waals surface area contributed by atoms with Crippen LogP contribution < -0.4 is 4.74 Å². The number of carbonyl (C=O) groups is 1. The van der Waals surface area contributed by atoms with Crippen LogP contribution in [0.1, 0.15) is 29.6 Å². The Labute approximate surface area is 100 Å². The minimum atomic E-state index is -0.342. The quantitative estimate of drug-likeness (QED) is 0.756. The molecule has 1 heterocycles. The number of rotatable bonds is 3. The van der Waals surface area contributed by atoms with E-state index in [9.17, 15) is 4.79 Å². The summed E-state index contributed by atoms with van der Waals surface area (Å²) >= 11 is 0. The van der Waals surface area contributed by atoms with Crippen molar-refractivity contribution >= 4 is 5.97 Å². The van der Waals surface area contributed by atoms with Gasteiger partial charge in [-0.1, -0.05) is 0 Å². The van der Waals surface area contributed by atoms with Gasteiger partial charge in [-0.05, 0) is 37.1 Å². The third-order valence-electron chi connectivity index (χ3n) is 2.68. The van der Waals surface area contributed by atoms with Crippen LogP contribution in [-0.2, 0) is 9.47 Å². The lowest BCUT2D eigenvalue weighted by molar-refractivity contribution is -0.105. The van der Waals surface area contributed by atoms with Crippen molar-refractivity contribution < 1.29 is 19.0 Å². The molecule has 0 N–H and O–H groups in total. The van der Waals surface area contributed by atoms with Crippen molar-refractivity contribution in [1.29, 1.82) is 0 Å². The van der Waals surface area contributed by atoms with Gasteiger partial charge in [0, 0.05) is 6.42 Å². The fraction of sp³-hybridized carbons (Fsp3) is 0.462. The third-order valence-corrected chi connectivity index (χ3v) is 2.68. The van der Waals surface area contributed by atoms with Crippen LogP contribution in [0.4, 0.5) is 0 Å². The number of ether oxygens (including phenoxy) is 3. The first-order chi connectivity index (χ1) is 8.29. The fourth-order valence-electron chi connectivity index (χ4n) is 1.74. The highest BCUT2D eigenvalue weighted by atomic mass is 16.7. The van der Waals surface area contributed by atoms with E-state index in [0.717, 1.165) is 25.9 Å².